The van der Waals surface area contributed by atoms with Gasteiger partial charge in [0.05, 0.1) is 6.33 Å². The fourth-order valence-electron chi connectivity index (χ4n) is 2.54. The smallest absolute Gasteiger partial charge is 0.127 e. The second-order valence-electron chi connectivity index (χ2n) is 6.20. The molecule has 0 saturated heterocycles. The lowest BCUT2D eigenvalue weighted by Gasteiger charge is -2.23. The molecule has 0 aliphatic rings. The molecule has 0 N–H and O–H groups in total. The van der Waals surface area contributed by atoms with Gasteiger partial charge in [-0.05, 0) is 36.4 Å². The zero-order valence-corrected chi connectivity index (χ0v) is 15.0. The van der Waals surface area contributed by atoms with E-state index in [0.29, 0.717) is 5.02 Å². The molecule has 0 unspecified atom stereocenters. The lowest BCUT2D eigenvalue weighted by Crippen LogP contribution is -2.45. The van der Waals surface area contributed by atoms with E-state index in [1.807, 2.05) is 55.1 Å². The van der Waals surface area contributed by atoms with Gasteiger partial charge >= 0.3 is 0 Å². The monoisotopic (exact) mass is 342 g/mol. The van der Waals surface area contributed by atoms with Crippen molar-refractivity contribution < 1.29 is 4.74 Å². The summed E-state index contributed by atoms with van der Waals surface area (Å²) < 4.78 is 8.01. The fourth-order valence-corrected chi connectivity index (χ4v) is 5.02. The second-order valence-corrected chi connectivity index (χ2v) is 11.3. The summed E-state index contributed by atoms with van der Waals surface area (Å²) in [7, 11) is -1.56. The summed E-state index contributed by atoms with van der Waals surface area (Å²) in [5.74, 6) is 1.63. The molecule has 1 heterocycles. The Morgan fingerprint density at radius 3 is 2.17 bits per heavy atom. The molecule has 0 amide bonds. The highest BCUT2D eigenvalue weighted by molar-refractivity contribution is 6.88. The molecular weight excluding hydrogens is 324 g/mol. The summed E-state index contributed by atoms with van der Waals surface area (Å²) in [5, 5.41) is 2.11. The first-order valence-electron chi connectivity index (χ1n) is 7.53. The van der Waals surface area contributed by atoms with Crippen molar-refractivity contribution >= 4 is 24.9 Å². The first kappa shape index (κ1) is 15.8. The Balaban J connectivity index is 1.72. The van der Waals surface area contributed by atoms with Gasteiger partial charge in [0.15, 0.2) is 0 Å². The third-order valence-electron chi connectivity index (χ3n) is 3.82. The van der Waals surface area contributed by atoms with Gasteiger partial charge in [0.1, 0.15) is 19.6 Å². The molecule has 0 aliphatic heterocycles. The fraction of sp³-hybridized carbons (Fsp3) is 0.167. The number of hydrogen-bond acceptors (Lipinski definition) is 2. The summed E-state index contributed by atoms with van der Waals surface area (Å²) in [6.07, 6.45) is 6.75. The van der Waals surface area contributed by atoms with E-state index in [9.17, 15) is 0 Å². The van der Waals surface area contributed by atoms with E-state index in [2.05, 4.69) is 34.8 Å². The van der Waals surface area contributed by atoms with Gasteiger partial charge in [-0.25, -0.2) is 4.98 Å². The van der Waals surface area contributed by atoms with Crippen LogP contribution in [0.3, 0.4) is 0 Å². The van der Waals surface area contributed by atoms with Crippen molar-refractivity contribution in [2.75, 3.05) is 0 Å². The summed E-state index contributed by atoms with van der Waals surface area (Å²) in [6.45, 7) is 4.73. The number of rotatable bonds is 5. The van der Waals surface area contributed by atoms with Crippen molar-refractivity contribution in [3.63, 3.8) is 0 Å². The molecule has 23 heavy (non-hydrogen) atoms. The molecule has 0 fully saturated rings. The van der Waals surface area contributed by atoms with Crippen LogP contribution in [-0.4, -0.2) is 17.6 Å². The zero-order chi connectivity index (χ0) is 16.3. The molecule has 0 radical (unpaired) electrons. The number of imidazole rings is 1. The average Bonchev–Trinajstić information content (AvgIpc) is 3.02. The topological polar surface area (TPSA) is 27.1 Å². The van der Waals surface area contributed by atoms with Gasteiger partial charge in [-0.3, -0.25) is 0 Å². The van der Waals surface area contributed by atoms with Gasteiger partial charge in [-0.2, -0.15) is 0 Å². The standard InChI is InChI=1S/C18H19ClN2OSi/c1-23(2,14-21-12-11-20-13-21)18-9-7-17(8-10-18)22-16-5-3-15(19)4-6-16/h3-13H,14H2,1-2H3. The molecule has 0 saturated carbocycles. The Labute approximate surface area is 142 Å². The first-order valence-corrected chi connectivity index (χ1v) is 11.1. The Morgan fingerprint density at radius 2 is 1.61 bits per heavy atom. The van der Waals surface area contributed by atoms with Crippen molar-refractivity contribution in [2.45, 2.75) is 19.3 Å². The normalized spacial score (nSPS) is 11.4. The molecule has 3 nitrogen and oxygen atoms in total. The van der Waals surface area contributed by atoms with Gasteiger partial charge in [0.25, 0.3) is 0 Å². The quantitative estimate of drug-likeness (QED) is 0.639. The van der Waals surface area contributed by atoms with E-state index in [1.54, 1.807) is 0 Å². The van der Waals surface area contributed by atoms with Crippen LogP contribution < -0.4 is 9.92 Å². The molecule has 0 aliphatic carbocycles. The van der Waals surface area contributed by atoms with E-state index in [-0.39, 0.29) is 0 Å². The van der Waals surface area contributed by atoms with Gasteiger partial charge in [-0.1, -0.05) is 42.0 Å². The van der Waals surface area contributed by atoms with Crippen LogP contribution in [0.5, 0.6) is 11.5 Å². The van der Waals surface area contributed by atoms with Crippen LogP contribution in [0, 0.1) is 0 Å². The molecule has 118 valence electrons. The summed E-state index contributed by atoms with van der Waals surface area (Å²) >= 11 is 5.89. The van der Waals surface area contributed by atoms with Crippen molar-refractivity contribution in [1.29, 1.82) is 0 Å². The van der Waals surface area contributed by atoms with E-state index in [0.717, 1.165) is 17.7 Å². The minimum Gasteiger partial charge on any atom is -0.457 e. The van der Waals surface area contributed by atoms with Crippen molar-refractivity contribution in [3.05, 3.63) is 72.3 Å². The number of ether oxygens (including phenoxy) is 1. The van der Waals surface area contributed by atoms with Crippen LogP contribution in [0.25, 0.3) is 0 Å². The Bertz CT molecular complexity index is 753. The van der Waals surface area contributed by atoms with Gasteiger partial charge in [0.2, 0.25) is 0 Å². The number of halogens is 1. The predicted octanol–water partition coefficient (Wildman–Crippen LogP) is 4.48. The summed E-state index contributed by atoms with van der Waals surface area (Å²) in [5.41, 5.74) is 0. The molecule has 0 atom stereocenters. The predicted molar refractivity (Wildman–Crippen MR) is 97.3 cm³/mol. The van der Waals surface area contributed by atoms with E-state index in [1.165, 1.54) is 5.19 Å². The highest BCUT2D eigenvalue weighted by atomic mass is 35.5. The Hall–Kier alpha value is -2.04. The van der Waals surface area contributed by atoms with Crippen molar-refractivity contribution in [1.82, 2.24) is 9.55 Å². The lowest BCUT2D eigenvalue weighted by molar-refractivity contribution is 0.483. The zero-order valence-electron chi connectivity index (χ0n) is 13.2. The maximum atomic E-state index is 5.89. The highest BCUT2D eigenvalue weighted by Gasteiger charge is 2.23. The van der Waals surface area contributed by atoms with Crippen LogP contribution >= 0.6 is 11.6 Å². The minimum atomic E-state index is -1.56. The third kappa shape index (κ3) is 4.03. The van der Waals surface area contributed by atoms with Crippen molar-refractivity contribution in [2.24, 2.45) is 0 Å². The molecule has 0 bridgehead atoms. The molecule has 3 aromatic rings. The van der Waals surface area contributed by atoms with Crippen LogP contribution in [0.1, 0.15) is 0 Å². The van der Waals surface area contributed by atoms with E-state index >= 15 is 0 Å². The lowest BCUT2D eigenvalue weighted by atomic mass is 10.3. The maximum absolute atomic E-state index is 5.89. The van der Waals surface area contributed by atoms with Crippen LogP contribution in [0.15, 0.2) is 67.3 Å². The van der Waals surface area contributed by atoms with Crippen LogP contribution in [0.2, 0.25) is 18.1 Å². The van der Waals surface area contributed by atoms with Crippen molar-refractivity contribution in [3.8, 4) is 11.5 Å². The molecule has 1 aromatic heterocycles. The molecule has 3 rings (SSSR count). The number of benzene rings is 2. The van der Waals surface area contributed by atoms with E-state index in [4.69, 9.17) is 16.3 Å². The average molecular weight is 343 g/mol. The van der Waals surface area contributed by atoms with Gasteiger partial charge in [0, 0.05) is 23.6 Å². The second kappa shape index (κ2) is 6.60. The third-order valence-corrected chi connectivity index (χ3v) is 7.13. The SMILES string of the molecule is C[Si](C)(Cn1ccnc1)c1ccc(Oc2ccc(Cl)cc2)cc1. The van der Waals surface area contributed by atoms with Gasteiger partial charge in [-0.15, -0.1) is 0 Å². The Morgan fingerprint density at radius 1 is 1.00 bits per heavy atom. The summed E-state index contributed by atoms with van der Waals surface area (Å²) in [6, 6.07) is 15.8. The van der Waals surface area contributed by atoms with Gasteiger partial charge < -0.3 is 9.30 Å². The largest absolute Gasteiger partial charge is 0.457 e. The Kier molecular flexibility index (Phi) is 4.55. The van der Waals surface area contributed by atoms with Crippen LogP contribution in [-0.2, 0) is 6.17 Å². The summed E-state index contributed by atoms with van der Waals surface area (Å²) in [4.78, 5) is 4.12. The molecular formula is C18H19ClN2OSi. The first-order chi connectivity index (χ1) is 11.0. The molecule has 0 spiro atoms. The number of hydrogen-bond donors (Lipinski definition) is 0. The minimum absolute atomic E-state index is 0.708. The maximum Gasteiger partial charge on any atom is 0.127 e. The van der Waals surface area contributed by atoms with E-state index < -0.39 is 8.07 Å². The van der Waals surface area contributed by atoms with Crippen LogP contribution in [0.4, 0.5) is 0 Å². The molecule has 2 aromatic carbocycles. The number of nitrogens with zero attached hydrogens (tertiary/aromatic N) is 2. The highest BCUT2D eigenvalue weighted by Crippen LogP contribution is 2.22. The number of aromatic nitrogens is 2. The molecule has 5 heteroatoms.